The fourth-order valence-corrected chi connectivity index (χ4v) is 9.19. The lowest BCUT2D eigenvalue weighted by Crippen LogP contribution is -2.75. The van der Waals surface area contributed by atoms with Gasteiger partial charge in [-0.25, -0.2) is 0 Å². The molecule has 1 aromatic rings. The Balaban J connectivity index is 1.18. The average Bonchev–Trinajstić information content (AvgIpc) is 3.48. The van der Waals surface area contributed by atoms with Gasteiger partial charge >= 0.3 is 0 Å². The SMILES string of the molecule is CCC(=O)N(CC(C)C(=N)C#CC1CCC(N2CC3(CCNC3)C2)CC1)[C@H]1C(C)(C)[C@H](Oc2ccc(C#N)c(Cl)c2)C1(C)C. The van der Waals surface area contributed by atoms with E-state index in [1.54, 1.807) is 18.2 Å². The van der Waals surface area contributed by atoms with Crippen LogP contribution in [-0.2, 0) is 4.79 Å². The number of rotatable bonds is 8. The highest BCUT2D eigenvalue weighted by atomic mass is 35.5. The van der Waals surface area contributed by atoms with Crippen LogP contribution < -0.4 is 10.1 Å². The van der Waals surface area contributed by atoms with Gasteiger partial charge < -0.3 is 15.0 Å². The van der Waals surface area contributed by atoms with Crippen LogP contribution in [0.25, 0.3) is 0 Å². The number of nitriles is 1. The van der Waals surface area contributed by atoms with Gasteiger partial charge in [-0.05, 0) is 50.8 Å². The number of nitrogens with zero attached hydrogens (tertiary/aromatic N) is 3. The highest BCUT2D eigenvalue weighted by molar-refractivity contribution is 6.31. The van der Waals surface area contributed by atoms with Crippen molar-refractivity contribution in [2.75, 3.05) is 32.7 Å². The van der Waals surface area contributed by atoms with Crippen LogP contribution in [0.15, 0.2) is 18.2 Å². The highest BCUT2D eigenvalue weighted by Gasteiger charge is 2.66. The highest BCUT2D eigenvalue weighted by Crippen LogP contribution is 2.58. The summed E-state index contributed by atoms with van der Waals surface area (Å²) in [7, 11) is 0. The van der Waals surface area contributed by atoms with Gasteiger partial charge in [0.1, 0.15) is 17.9 Å². The number of ether oxygens (including phenoxy) is 1. The molecular formula is C36H50ClN5O2. The molecule has 2 saturated carbocycles. The van der Waals surface area contributed by atoms with Crippen molar-refractivity contribution in [3.8, 4) is 23.7 Å². The summed E-state index contributed by atoms with van der Waals surface area (Å²) >= 11 is 6.28. The lowest BCUT2D eigenvalue weighted by atomic mass is 9.48. The third-order valence-corrected chi connectivity index (χ3v) is 11.3. The molecule has 238 valence electrons. The number of halogens is 1. The van der Waals surface area contributed by atoms with Gasteiger partial charge in [-0.1, -0.05) is 65.0 Å². The predicted molar refractivity (Wildman–Crippen MR) is 176 cm³/mol. The van der Waals surface area contributed by atoms with E-state index in [2.05, 4.69) is 55.8 Å². The summed E-state index contributed by atoms with van der Waals surface area (Å²) in [6.45, 7) is 17.8. The van der Waals surface area contributed by atoms with Crippen molar-refractivity contribution in [1.29, 1.82) is 10.7 Å². The molecule has 44 heavy (non-hydrogen) atoms. The fourth-order valence-electron chi connectivity index (χ4n) is 8.98. The lowest BCUT2D eigenvalue weighted by molar-refractivity contribution is -0.212. The molecule has 2 saturated heterocycles. The summed E-state index contributed by atoms with van der Waals surface area (Å²) in [5, 5.41) is 21.9. The van der Waals surface area contributed by atoms with E-state index in [0.29, 0.717) is 52.4 Å². The number of likely N-dealkylation sites (tertiary alicyclic amines) is 1. The predicted octanol–water partition coefficient (Wildman–Crippen LogP) is 6.15. The Kier molecular flexibility index (Phi) is 9.44. The molecule has 2 N–H and O–H groups in total. The Morgan fingerprint density at radius 2 is 1.89 bits per heavy atom. The number of benzene rings is 1. The Labute approximate surface area is 269 Å². The van der Waals surface area contributed by atoms with Crippen LogP contribution in [-0.4, -0.2) is 72.3 Å². The molecule has 4 fully saturated rings. The lowest BCUT2D eigenvalue weighted by Gasteiger charge is -2.66. The zero-order valence-electron chi connectivity index (χ0n) is 27.4. The van der Waals surface area contributed by atoms with Gasteiger partial charge in [0.2, 0.25) is 5.91 Å². The number of hydrogen-bond acceptors (Lipinski definition) is 6. The minimum Gasteiger partial charge on any atom is -0.489 e. The van der Waals surface area contributed by atoms with Gasteiger partial charge in [0.15, 0.2) is 0 Å². The summed E-state index contributed by atoms with van der Waals surface area (Å²) in [5.74, 6) is 7.56. The third-order valence-electron chi connectivity index (χ3n) is 11.0. The van der Waals surface area contributed by atoms with Crippen molar-refractivity contribution in [3.63, 3.8) is 0 Å². The largest absolute Gasteiger partial charge is 0.489 e. The molecule has 0 aromatic heterocycles. The van der Waals surface area contributed by atoms with Crippen LogP contribution in [0.3, 0.4) is 0 Å². The summed E-state index contributed by atoms with van der Waals surface area (Å²) in [4.78, 5) is 18.1. The number of carbonyl (C=O) groups excluding carboxylic acids is 1. The molecule has 1 spiro atoms. The number of amides is 1. The van der Waals surface area contributed by atoms with Gasteiger partial charge in [-0.15, -0.1) is 0 Å². The first-order valence-corrected chi connectivity index (χ1v) is 16.9. The molecule has 1 atom stereocenters. The number of hydrogen-bond donors (Lipinski definition) is 2. The van der Waals surface area contributed by atoms with Gasteiger partial charge in [0.25, 0.3) is 0 Å². The first-order chi connectivity index (χ1) is 20.8. The summed E-state index contributed by atoms with van der Waals surface area (Å²) in [6.07, 6.45) is 6.18. The van der Waals surface area contributed by atoms with Crippen molar-refractivity contribution in [3.05, 3.63) is 28.8 Å². The topological polar surface area (TPSA) is 92.5 Å². The van der Waals surface area contributed by atoms with Crippen molar-refractivity contribution in [1.82, 2.24) is 15.1 Å². The van der Waals surface area contributed by atoms with Gasteiger partial charge in [0, 0.05) is 78.8 Å². The molecule has 2 aliphatic carbocycles. The Hall–Kier alpha value is -2.58. The van der Waals surface area contributed by atoms with Crippen LogP contribution in [0.5, 0.6) is 5.75 Å². The smallest absolute Gasteiger partial charge is 0.222 e. The second kappa shape index (κ2) is 12.7. The Bertz CT molecular complexity index is 1330. The summed E-state index contributed by atoms with van der Waals surface area (Å²) < 4.78 is 6.47. The van der Waals surface area contributed by atoms with Crippen LogP contribution in [0.1, 0.15) is 85.6 Å². The van der Waals surface area contributed by atoms with E-state index >= 15 is 0 Å². The maximum Gasteiger partial charge on any atom is 0.222 e. The molecule has 2 heterocycles. The molecule has 0 radical (unpaired) electrons. The second-order valence-electron chi connectivity index (χ2n) is 15.1. The molecule has 4 aliphatic rings. The molecule has 0 bridgehead atoms. The first-order valence-electron chi connectivity index (χ1n) is 16.5. The van der Waals surface area contributed by atoms with E-state index in [0.717, 1.165) is 12.8 Å². The molecule has 8 heteroatoms. The average molecular weight is 620 g/mol. The standard InChI is InChI=1S/C36H50ClN5O2/c1-7-31(43)42(32-34(3,4)33(35(32,5)6)44-28-14-11-26(19-38)29(37)18-28)20-24(2)30(39)15-10-25-8-12-27(13-9-25)41-22-36(23-41)16-17-40-21-36/h11,14,18,24-25,27,32-33,39-40H,7-9,12-13,16-17,20-23H2,1-6H3/t24?,25?,27?,32-,33-. The molecule has 2 aliphatic heterocycles. The molecule has 7 nitrogen and oxygen atoms in total. The van der Waals surface area contributed by atoms with Crippen molar-refractivity contribution < 1.29 is 9.53 Å². The molecule has 1 amide bonds. The molecular weight excluding hydrogens is 570 g/mol. The van der Waals surface area contributed by atoms with E-state index in [4.69, 9.17) is 21.7 Å². The molecule has 1 unspecified atom stereocenters. The van der Waals surface area contributed by atoms with Crippen LogP contribution >= 0.6 is 11.6 Å². The second-order valence-corrected chi connectivity index (χ2v) is 15.5. The van der Waals surface area contributed by atoms with E-state index in [9.17, 15) is 10.1 Å². The van der Waals surface area contributed by atoms with E-state index in [-0.39, 0.29) is 34.8 Å². The summed E-state index contributed by atoms with van der Waals surface area (Å²) in [6, 6.07) is 7.86. The van der Waals surface area contributed by atoms with E-state index in [1.807, 2.05) is 18.7 Å². The van der Waals surface area contributed by atoms with Crippen molar-refractivity contribution in [2.24, 2.45) is 28.1 Å². The maximum absolute atomic E-state index is 13.4. The van der Waals surface area contributed by atoms with Gasteiger partial charge in [0.05, 0.1) is 16.3 Å². The number of carbonyl (C=O) groups is 1. The minimum absolute atomic E-state index is 0.0690. The van der Waals surface area contributed by atoms with Crippen LogP contribution in [0.4, 0.5) is 0 Å². The van der Waals surface area contributed by atoms with E-state index in [1.165, 1.54) is 45.4 Å². The molecule has 1 aromatic carbocycles. The Morgan fingerprint density at radius 1 is 1.20 bits per heavy atom. The van der Waals surface area contributed by atoms with Crippen molar-refractivity contribution in [2.45, 2.75) is 98.3 Å². The zero-order chi connectivity index (χ0) is 31.9. The molecule has 5 rings (SSSR count). The first kappa shape index (κ1) is 32.8. The van der Waals surface area contributed by atoms with Crippen LogP contribution in [0, 0.1) is 56.7 Å². The van der Waals surface area contributed by atoms with E-state index < -0.39 is 0 Å². The normalized spacial score (nSPS) is 28.9. The van der Waals surface area contributed by atoms with Gasteiger partial charge in [-0.3, -0.25) is 15.1 Å². The van der Waals surface area contributed by atoms with Gasteiger partial charge in [-0.2, -0.15) is 5.26 Å². The Morgan fingerprint density at radius 3 is 2.45 bits per heavy atom. The monoisotopic (exact) mass is 619 g/mol. The quantitative estimate of drug-likeness (QED) is 0.269. The third kappa shape index (κ3) is 6.26. The fraction of sp³-hybridized carbons (Fsp3) is 0.694. The number of nitrogens with one attached hydrogen (secondary N) is 2. The summed E-state index contributed by atoms with van der Waals surface area (Å²) in [5.41, 5.74) is 0.690. The van der Waals surface area contributed by atoms with Crippen molar-refractivity contribution >= 4 is 23.2 Å². The zero-order valence-corrected chi connectivity index (χ0v) is 28.2. The minimum atomic E-state index is -0.342. The maximum atomic E-state index is 13.4. The van der Waals surface area contributed by atoms with Crippen LogP contribution in [0.2, 0.25) is 5.02 Å².